The van der Waals surface area contributed by atoms with Crippen LogP contribution in [0, 0.1) is 5.82 Å². The number of urea groups is 1. The van der Waals surface area contributed by atoms with E-state index in [1.165, 1.54) is 6.07 Å². The number of carbonyl (C=O) groups excluding carboxylic acids is 1. The highest BCUT2D eigenvalue weighted by Gasteiger charge is 2.11. The normalized spacial score (nSPS) is 11.9. The van der Waals surface area contributed by atoms with Crippen LogP contribution in [-0.4, -0.2) is 6.03 Å². The minimum atomic E-state index is -0.541. The summed E-state index contributed by atoms with van der Waals surface area (Å²) in [6.07, 6.45) is 0. The first kappa shape index (κ1) is 10.5. The maximum absolute atomic E-state index is 13.2. The van der Waals surface area contributed by atoms with Crippen LogP contribution in [0.3, 0.4) is 0 Å². The van der Waals surface area contributed by atoms with Gasteiger partial charge in [-0.2, -0.15) is 0 Å². The van der Waals surface area contributed by atoms with Gasteiger partial charge < -0.3 is 5.32 Å². The molecule has 0 aliphatic rings. The van der Waals surface area contributed by atoms with Gasteiger partial charge in [0, 0.05) is 5.56 Å². The number of carbonyl (C=O) groups is 1. The second kappa shape index (κ2) is 4.57. The molecule has 0 aliphatic carbocycles. The fourth-order valence-corrected chi connectivity index (χ4v) is 1.14. The third kappa shape index (κ3) is 2.43. The van der Waals surface area contributed by atoms with Gasteiger partial charge in [0.1, 0.15) is 5.82 Å². The Kier molecular flexibility index (Phi) is 3.41. The first-order valence-corrected chi connectivity index (χ1v) is 4.16. The number of hydrogen-bond donors (Lipinski definition) is 3. The molecule has 2 amide bonds. The van der Waals surface area contributed by atoms with Crippen molar-refractivity contribution in [3.05, 3.63) is 35.6 Å². The number of halogens is 1. The van der Waals surface area contributed by atoms with Gasteiger partial charge in [-0.1, -0.05) is 18.2 Å². The Morgan fingerprint density at radius 1 is 1.50 bits per heavy atom. The predicted molar refractivity (Wildman–Crippen MR) is 50.7 cm³/mol. The van der Waals surface area contributed by atoms with Gasteiger partial charge in [-0.15, -0.1) is 0 Å². The van der Waals surface area contributed by atoms with Crippen LogP contribution in [0.1, 0.15) is 18.5 Å². The molecule has 5 heteroatoms. The van der Waals surface area contributed by atoms with E-state index >= 15 is 0 Å². The molecule has 76 valence electrons. The van der Waals surface area contributed by atoms with Gasteiger partial charge in [0.2, 0.25) is 0 Å². The first-order valence-electron chi connectivity index (χ1n) is 4.16. The molecule has 14 heavy (non-hydrogen) atoms. The van der Waals surface area contributed by atoms with Gasteiger partial charge in [-0.25, -0.2) is 15.0 Å². The summed E-state index contributed by atoms with van der Waals surface area (Å²) in [5.74, 6) is 4.53. The number of nitrogens with two attached hydrogens (primary N) is 1. The SMILES string of the molecule is CC(NC(=O)NN)c1ccccc1F. The molecule has 0 radical (unpaired) electrons. The quantitative estimate of drug-likeness (QED) is 0.377. The molecular weight excluding hydrogens is 185 g/mol. The highest BCUT2D eigenvalue weighted by molar-refractivity contribution is 5.73. The highest BCUT2D eigenvalue weighted by atomic mass is 19.1. The molecule has 0 spiro atoms. The molecule has 0 saturated carbocycles. The molecule has 0 aromatic heterocycles. The number of amides is 2. The van der Waals surface area contributed by atoms with Crippen LogP contribution >= 0.6 is 0 Å². The van der Waals surface area contributed by atoms with Crippen LogP contribution in [0.4, 0.5) is 9.18 Å². The van der Waals surface area contributed by atoms with E-state index < -0.39 is 12.1 Å². The third-order valence-corrected chi connectivity index (χ3v) is 1.85. The van der Waals surface area contributed by atoms with E-state index in [1.54, 1.807) is 25.1 Å². The second-order valence-corrected chi connectivity index (χ2v) is 2.86. The zero-order valence-electron chi connectivity index (χ0n) is 7.75. The monoisotopic (exact) mass is 197 g/mol. The van der Waals surface area contributed by atoms with Gasteiger partial charge in [0.05, 0.1) is 6.04 Å². The van der Waals surface area contributed by atoms with Crippen molar-refractivity contribution >= 4 is 6.03 Å². The second-order valence-electron chi connectivity index (χ2n) is 2.86. The van der Waals surface area contributed by atoms with E-state index in [-0.39, 0.29) is 5.82 Å². The molecule has 0 aliphatic heterocycles. The third-order valence-electron chi connectivity index (χ3n) is 1.85. The van der Waals surface area contributed by atoms with Crippen molar-refractivity contribution in [3.63, 3.8) is 0 Å². The summed E-state index contributed by atoms with van der Waals surface area (Å²) < 4.78 is 13.2. The van der Waals surface area contributed by atoms with Crippen LogP contribution in [0.15, 0.2) is 24.3 Å². The van der Waals surface area contributed by atoms with Gasteiger partial charge in [-0.3, -0.25) is 5.43 Å². The van der Waals surface area contributed by atoms with Crippen molar-refractivity contribution in [2.24, 2.45) is 5.84 Å². The van der Waals surface area contributed by atoms with Crippen LogP contribution in [0.2, 0.25) is 0 Å². The zero-order chi connectivity index (χ0) is 10.6. The van der Waals surface area contributed by atoms with E-state index in [9.17, 15) is 9.18 Å². The Bertz CT molecular complexity index is 330. The fraction of sp³-hybridized carbons (Fsp3) is 0.222. The standard InChI is InChI=1S/C9H12FN3O/c1-6(12-9(14)13-11)7-4-2-3-5-8(7)10/h2-6H,11H2,1H3,(H2,12,13,14). The van der Waals surface area contributed by atoms with Crippen molar-refractivity contribution in [3.8, 4) is 0 Å². The maximum Gasteiger partial charge on any atom is 0.329 e. The predicted octanol–water partition coefficient (Wildman–Crippen LogP) is 1.06. The summed E-state index contributed by atoms with van der Waals surface area (Å²) >= 11 is 0. The van der Waals surface area contributed by atoms with Crippen LogP contribution in [0.25, 0.3) is 0 Å². The van der Waals surface area contributed by atoms with Gasteiger partial charge in [0.25, 0.3) is 0 Å². The minimum absolute atomic E-state index is 0.350. The lowest BCUT2D eigenvalue weighted by molar-refractivity contribution is 0.238. The van der Waals surface area contributed by atoms with Crippen molar-refractivity contribution in [1.82, 2.24) is 10.7 Å². The number of hydrazine groups is 1. The molecule has 4 nitrogen and oxygen atoms in total. The smallest absolute Gasteiger partial charge is 0.329 e. The van der Waals surface area contributed by atoms with Crippen molar-refractivity contribution in [2.45, 2.75) is 13.0 Å². The summed E-state index contributed by atoms with van der Waals surface area (Å²) in [4.78, 5) is 10.8. The summed E-state index contributed by atoms with van der Waals surface area (Å²) in [5.41, 5.74) is 2.34. The lowest BCUT2D eigenvalue weighted by atomic mass is 10.1. The molecule has 1 atom stereocenters. The minimum Gasteiger partial charge on any atom is -0.330 e. The van der Waals surface area contributed by atoms with Crippen molar-refractivity contribution in [2.75, 3.05) is 0 Å². The molecule has 1 unspecified atom stereocenters. The topological polar surface area (TPSA) is 67.2 Å². The van der Waals surface area contributed by atoms with Crippen LogP contribution in [-0.2, 0) is 0 Å². The molecule has 1 rings (SSSR count). The van der Waals surface area contributed by atoms with Crippen molar-refractivity contribution < 1.29 is 9.18 Å². The Hall–Kier alpha value is -1.62. The Labute approximate surface area is 81.3 Å². The molecule has 0 bridgehead atoms. The molecule has 0 heterocycles. The Balaban J connectivity index is 2.74. The van der Waals surface area contributed by atoms with E-state index in [4.69, 9.17) is 5.84 Å². The van der Waals surface area contributed by atoms with Crippen LogP contribution in [0.5, 0.6) is 0 Å². The highest BCUT2D eigenvalue weighted by Crippen LogP contribution is 2.15. The number of hydrogen-bond acceptors (Lipinski definition) is 2. The van der Waals surface area contributed by atoms with E-state index in [2.05, 4.69) is 5.32 Å². The largest absolute Gasteiger partial charge is 0.330 e. The number of nitrogens with one attached hydrogen (secondary N) is 2. The zero-order valence-corrected chi connectivity index (χ0v) is 7.75. The molecular formula is C9H12FN3O. The average molecular weight is 197 g/mol. The van der Waals surface area contributed by atoms with Gasteiger partial charge in [0.15, 0.2) is 0 Å². The molecule has 0 fully saturated rings. The van der Waals surface area contributed by atoms with E-state index in [0.717, 1.165) is 0 Å². The first-order chi connectivity index (χ1) is 6.65. The summed E-state index contributed by atoms with van der Waals surface area (Å²) in [7, 11) is 0. The molecule has 0 saturated heterocycles. The average Bonchev–Trinajstić information content (AvgIpc) is 2.18. The summed E-state index contributed by atoms with van der Waals surface area (Å²) in [6.45, 7) is 1.67. The van der Waals surface area contributed by atoms with Crippen LogP contribution < -0.4 is 16.6 Å². The number of rotatable bonds is 2. The Morgan fingerprint density at radius 2 is 2.14 bits per heavy atom. The molecule has 1 aromatic rings. The van der Waals surface area contributed by atoms with Crippen molar-refractivity contribution in [1.29, 1.82) is 0 Å². The number of benzene rings is 1. The maximum atomic E-state index is 13.2. The summed E-state index contributed by atoms with van der Waals surface area (Å²) in [5, 5.41) is 2.47. The van der Waals surface area contributed by atoms with Gasteiger partial charge in [-0.05, 0) is 13.0 Å². The fourth-order valence-electron chi connectivity index (χ4n) is 1.14. The lowest BCUT2D eigenvalue weighted by Gasteiger charge is -2.14. The molecule has 4 N–H and O–H groups in total. The lowest BCUT2D eigenvalue weighted by Crippen LogP contribution is -2.41. The van der Waals surface area contributed by atoms with E-state index in [1.807, 2.05) is 5.43 Å². The molecule has 1 aromatic carbocycles. The van der Waals surface area contributed by atoms with E-state index in [0.29, 0.717) is 5.56 Å². The summed E-state index contributed by atoms with van der Waals surface area (Å²) in [6, 6.07) is 5.29. The Morgan fingerprint density at radius 3 is 2.71 bits per heavy atom. The van der Waals surface area contributed by atoms with Gasteiger partial charge >= 0.3 is 6.03 Å².